The van der Waals surface area contributed by atoms with Crippen LogP contribution >= 0.6 is 0 Å². The monoisotopic (exact) mass is 275 g/mol. The minimum Gasteiger partial charge on any atom is -0.384 e. The maximum Gasteiger partial charge on any atom is 0.463 e. The van der Waals surface area contributed by atoms with Gasteiger partial charge in [-0.25, -0.2) is 0 Å². The van der Waals surface area contributed by atoms with Gasteiger partial charge >= 0.3 is 18.0 Å². The molecule has 0 aromatic carbocycles. The summed E-state index contributed by atoms with van der Waals surface area (Å²) in [6, 6.07) is 0. The predicted octanol–water partition coefficient (Wildman–Crippen LogP) is 2.07. The maximum atomic E-state index is 12.9. The second-order valence-corrected chi connectivity index (χ2v) is 4.29. The molecule has 1 aliphatic heterocycles. The summed E-state index contributed by atoms with van der Waals surface area (Å²) in [7, 11) is 1.41. The molecule has 1 unspecified atom stereocenters. The van der Waals surface area contributed by atoms with Crippen molar-refractivity contribution >= 4 is 5.91 Å². The molecule has 1 aliphatic rings. The number of hydrogen-bond acceptors (Lipinski definition) is 2. The fourth-order valence-corrected chi connectivity index (χ4v) is 1.94. The number of halogens is 5. The predicted molar refractivity (Wildman–Crippen MR) is 52.2 cm³/mol. The Morgan fingerprint density at radius 1 is 1.33 bits per heavy atom. The Morgan fingerprint density at radius 2 is 1.94 bits per heavy atom. The van der Waals surface area contributed by atoms with E-state index in [1.807, 2.05) is 0 Å². The number of hydrogen-bond donors (Lipinski definition) is 0. The molecular weight excluding hydrogens is 261 g/mol. The number of ether oxygens (including phenoxy) is 1. The number of carbonyl (C=O) groups excluding carboxylic acids is 1. The summed E-state index contributed by atoms with van der Waals surface area (Å²) < 4.78 is 66.7. The van der Waals surface area contributed by atoms with E-state index in [-0.39, 0.29) is 25.6 Å². The molecule has 1 fully saturated rings. The minimum atomic E-state index is -5.85. The van der Waals surface area contributed by atoms with Gasteiger partial charge in [-0.1, -0.05) is 0 Å². The van der Waals surface area contributed by atoms with E-state index in [1.54, 1.807) is 0 Å². The van der Waals surface area contributed by atoms with Crippen LogP contribution in [0.5, 0.6) is 0 Å². The van der Waals surface area contributed by atoms with Crippen molar-refractivity contribution in [1.82, 2.24) is 4.90 Å². The molecule has 1 heterocycles. The number of carbonyl (C=O) groups is 1. The molecule has 0 aromatic rings. The molecule has 0 aromatic heterocycles. The lowest BCUT2D eigenvalue weighted by Crippen LogP contribution is -2.54. The molecule has 0 saturated carbocycles. The molecule has 1 atom stereocenters. The number of likely N-dealkylation sites (tertiary alicyclic amines) is 1. The van der Waals surface area contributed by atoms with Gasteiger partial charge in [0.25, 0.3) is 0 Å². The molecule has 1 amide bonds. The Labute approximate surface area is 101 Å². The molecule has 8 heteroatoms. The van der Waals surface area contributed by atoms with E-state index in [0.717, 1.165) is 0 Å². The van der Waals surface area contributed by atoms with Gasteiger partial charge < -0.3 is 9.64 Å². The fraction of sp³-hybridized carbons (Fsp3) is 0.900. The van der Waals surface area contributed by atoms with Gasteiger partial charge in [0.2, 0.25) is 0 Å². The molecule has 106 valence electrons. The lowest BCUT2D eigenvalue weighted by atomic mass is 9.98. The second-order valence-electron chi connectivity index (χ2n) is 4.29. The van der Waals surface area contributed by atoms with Crippen molar-refractivity contribution in [2.45, 2.75) is 24.9 Å². The highest BCUT2D eigenvalue weighted by Gasteiger charge is 2.64. The lowest BCUT2D eigenvalue weighted by Gasteiger charge is -2.34. The van der Waals surface area contributed by atoms with E-state index in [0.29, 0.717) is 17.7 Å². The first-order valence-electron chi connectivity index (χ1n) is 5.43. The van der Waals surface area contributed by atoms with Crippen LogP contribution in [0.2, 0.25) is 0 Å². The minimum absolute atomic E-state index is 0.0787. The zero-order valence-electron chi connectivity index (χ0n) is 9.77. The maximum absolute atomic E-state index is 12.9. The summed E-state index contributed by atoms with van der Waals surface area (Å²) in [6.07, 6.45) is -4.80. The Kier molecular flexibility index (Phi) is 4.52. The summed E-state index contributed by atoms with van der Waals surface area (Å²) in [6.45, 7) is 0.0322. The van der Waals surface area contributed by atoms with Crippen LogP contribution in [-0.4, -0.2) is 49.7 Å². The Balaban J connectivity index is 2.72. The van der Waals surface area contributed by atoms with Crippen LogP contribution in [0.4, 0.5) is 22.0 Å². The smallest absolute Gasteiger partial charge is 0.384 e. The topological polar surface area (TPSA) is 29.5 Å². The number of amides is 1. The van der Waals surface area contributed by atoms with Crippen molar-refractivity contribution in [3.63, 3.8) is 0 Å². The third-order valence-corrected chi connectivity index (χ3v) is 2.83. The normalized spacial score (nSPS) is 22.1. The van der Waals surface area contributed by atoms with Crippen LogP contribution in [0, 0.1) is 5.92 Å². The molecule has 18 heavy (non-hydrogen) atoms. The van der Waals surface area contributed by atoms with Gasteiger partial charge in [0.05, 0.1) is 6.61 Å². The molecular formula is C10H14F5NO2. The molecule has 0 radical (unpaired) electrons. The molecule has 1 saturated heterocycles. The van der Waals surface area contributed by atoms with E-state index >= 15 is 0 Å². The van der Waals surface area contributed by atoms with Gasteiger partial charge in [0.15, 0.2) is 0 Å². The summed E-state index contributed by atoms with van der Waals surface area (Å²) in [4.78, 5) is 11.8. The molecule has 0 bridgehead atoms. The number of methoxy groups -OCH3 is 1. The average molecular weight is 275 g/mol. The summed E-state index contributed by atoms with van der Waals surface area (Å²) >= 11 is 0. The zero-order chi connectivity index (χ0) is 14.0. The van der Waals surface area contributed by atoms with E-state index in [4.69, 9.17) is 4.74 Å². The van der Waals surface area contributed by atoms with Crippen molar-refractivity contribution in [3.05, 3.63) is 0 Å². The number of piperidine rings is 1. The van der Waals surface area contributed by atoms with E-state index in [9.17, 15) is 26.7 Å². The molecule has 3 nitrogen and oxygen atoms in total. The van der Waals surface area contributed by atoms with Crippen molar-refractivity contribution in [2.24, 2.45) is 5.92 Å². The quantitative estimate of drug-likeness (QED) is 0.738. The van der Waals surface area contributed by atoms with E-state index in [2.05, 4.69) is 0 Å². The standard InChI is InChI=1S/C10H14F5NO2/c1-18-6-7-3-2-4-16(5-7)8(17)9(11,12)10(13,14)15/h7H,2-6H2,1H3. The third kappa shape index (κ3) is 3.09. The SMILES string of the molecule is COCC1CCCN(C(=O)C(F)(F)C(F)(F)F)C1. The van der Waals surface area contributed by atoms with Crippen LogP contribution in [0.25, 0.3) is 0 Å². The highest BCUT2D eigenvalue weighted by Crippen LogP contribution is 2.37. The number of nitrogens with zero attached hydrogens (tertiary/aromatic N) is 1. The van der Waals surface area contributed by atoms with Crippen molar-refractivity contribution in [1.29, 1.82) is 0 Å². The van der Waals surface area contributed by atoms with Crippen LogP contribution < -0.4 is 0 Å². The summed E-state index contributed by atoms with van der Waals surface area (Å²) in [5.74, 6) is -7.69. The fourth-order valence-electron chi connectivity index (χ4n) is 1.94. The first kappa shape index (κ1) is 15.1. The number of rotatable bonds is 3. The zero-order valence-corrected chi connectivity index (χ0v) is 9.77. The van der Waals surface area contributed by atoms with Crippen molar-refractivity contribution in [2.75, 3.05) is 26.8 Å². The van der Waals surface area contributed by atoms with Crippen LogP contribution in [0.1, 0.15) is 12.8 Å². The van der Waals surface area contributed by atoms with Gasteiger partial charge in [-0.05, 0) is 18.8 Å². The van der Waals surface area contributed by atoms with Gasteiger partial charge in [-0.15, -0.1) is 0 Å². The largest absolute Gasteiger partial charge is 0.463 e. The Morgan fingerprint density at radius 3 is 2.44 bits per heavy atom. The second kappa shape index (κ2) is 5.38. The van der Waals surface area contributed by atoms with Crippen molar-refractivity contribution < 1.29 is 31.5 Å². The first-order valence-corrected chi connectivity index (χ1v) is 5.43. The Bertz CT molecular complexity index is 303. The van der Waals surface area contributed by atoms with Crippen LogP contribution in [0.3, 0.4) is 0 Å². The lowest BCUT2D eigenvalue weighted by molar-refractivity contribution is -0.275. The molecule has 0 aliphatic carbocycles. The molecule has 0 spiro atoms. The van der Waals surface area contributed by atoms with Crippen LogP contribution in [-0.2, 0) is 9.53 Å². The van der Waals surface area contributed by atoms with E-state index < -0.39 is 18.0 Å². The van der Waals surface area contributed by atoms with Crippen LogP contribution in [0.15, 0.2) is 0 Å². The molecule has 0 N–H and O–H groups in total. The molecule has 1 rings (SSSR count). The summed E-state index contributed by atoms with van der Waals surface area (Å²) in [5.41, 5.74) is 0. The Hall–Kier alpha value is -0.920. The number of alkyl halides is 5. The van der Waals surface area contributed by atoms with Gasteiger partial charge in [0.1, 0.15) is 0 Å². The van der Waals surface area contributed by atoms with E-state index in [1.165, 1.54) is 7.11 Å². The first-order chi connectivity index (χ1) is 8.20. The highest BCUT2D eigenvalue weighted by atomic mass is 19.4. The average Bonchev–Trinajstić information content (AvgIpc) is 2.27. The van der Waals surface area contributed by atoms with Gasteiger partial charge in [-0.3, -0.25) is 4.79 Å². The van der Waals surface area contributed by atoms with Crippen molar-refractivity contribution in [3.8, 4) is 0 Å². The third-order valence-electron chi connectivity index (χ3n) is 2.83. The summed E-state index contributed by atoms with van der Waals surface area (Å²) in [5, 5.41) is 0. The van der Waals surface area contributed by atoms with Gasteiger partial charge in [0, 0.05) is 20.2 Å². The highest BCUT2D eigenvalue weighted by molar-refractivity contribution is 5.84. The van der Waals surface area contributed by atoms with Gasteiger partial charge in [-0.2, -0.15) is 22.0 Å².